The molecular weight excluding hydrogens is 340 g/mol. The van der Waals surface area contributed by atoms with Gasteiger partial charge in [0.05, 0.1) is 6.61 Å². The third-order valence-electron chi connectivity index (χ3n) is 7.70. The first kappa shape index (κ1) is 19.9. The van der Waals surface area contributed by atoms with Crippen LogP contribution in [-0.4, -0.2) is 23.3 Å². The smallest absolute Gasteiger partial charge is 0.227 e. The third kappa shape index (κ3) is 3.07. The van der Waals surface area contributed by atoms with Crippen LogP contribution in [-0.2, 0) is 14.3 Å². The SMILES string of the molecule is C=C1CCCC2[C@](C)(CC3=C(O)C(=O)C=C(OCC)C3=O)[C@@H](C)CC[C@]12C. The first-order valence-corrected chi connectivity index (χ1v) is 10.2. The molecule has 4 atom stereocenters. The second-order valence-corrected chi connectivity index (χ2v) is 9.05. The molecule has 2 fully saturated rings. The highest BCUT2D eigenvalue weighted by atomic mass is 16.5. The van der Waals surface area contributed by atoms with Crippen LogP contribution in [0, 0.1) is 22.7 Å². The number of carbonyl (C=O) groups excluding carboxylic acids is 2. The van der Waals surface area contributed by atoms with Crippen molar-refractivity contribution >= 4 is 11.6 Å². The van der Waals surface area contributed by atoms with E-state index in [0.717, 1.165) is 38.2 Å². The fourth-order valence-electron chi connectivity index (χ4n) is 5.73. The lowest BCUT2D eigenvalue weighted by Gasteiger charge is -2.59. The van der Waals surface area contributed by atoms with Crippen LogP contribution < -0.4 is 0 Å². The third-order valence-corrected chi connectivity index (χ3v) is 7.70. The van der Waals surface area contributed by atoms with Crippen molar-refractivity contribution in [1.82, 2.24) is 0 Å². The summed E-state index contributed by atoms with van der Waals surface area (Å²) in [6.07, 6.45) is 6.98. The summed E-state index contributed by atoms with van der Waals surface area (Å²) in [5.41, 5.74) is 1.43. The lowest BCUT2D eigenvalue weighted by molar-refractivity contribution is -0.121. The number of aliphatic hydroxyl groups is 1. The fourth-order valence-corrected chi connectivity index (χ4v) is 5.73. The van der Waals surface area contributed by atoms with Crippen molar-refractivity contribution in [2.45, 2.75) is 66.2 Å². The molecule has 0 saturated heterocycles. The van der Waals surface area contributed by atoms with E-state index in [1.54, 1.807) is 6.92 Å². The molecule has 0 aromatic heterocycles. The second-order valence-electron chi connectivity index (χ2n) is 9.05. The minimum absolute atomic E-state index is 0.0539. The van der Waals surface area contributed by atoms with Crippen LogP contribution >= 0.6 is 0 Å². The van der Waals surface area contributed by atoms with Gasteiger partial charge in [-0.25, -0.2) is 0 Å². The van der Waals surface area contributed by atoms with Gasteiger partial charge in [0.1, 0.15) is 0 Å². The Morgan fingerprint density at radius 2 is 2.00 bits per heavy atom. The molecule has 3 rings (SSSR count). The van der Waals surface area contributed by atoms with Crippen LogP contribution in [0.3, 0.4) is 0 Å². The standard InChI is InChI=1S/C23H32O4/c1-6-27-18-12-17(24)20(25)16(21(18)26)13-23(5)15(3)10-11-22(4)14(2)8-7-9-19(22)23/h12,15,19,25H,2,6-11,13H2,1,3-5H3/t15-,19?,22+,23+/m0/s1. The predicted octanol–water partition coefficient (Wildman–Crippen LogP) is 5.06. The molecule has 0 spiro atoms. The van der Waals surface area contributed by atoms with Crippen molar-refractivity contribution in [3.05, 3.63) is 35.3 Å². The molecule has 0 aromatic carbocycles. The number of Topliss-reactive ketones (excluding diaryl/α,β-unsaturated/α-hetero) is 1. The van der Waals surface area contributed by atoms with Gasteiger partial charge in [0.25, 0.3) is 0 Å². The average molecular weight is 373 g/mol. The molecule has 0 radical (unpaired) electrons. The van der Waals surface area contributed by atoms with Crippen LogP contribution in [0.1, 0.15) is 66.2 Å². The molecule has 27 heavy (non-hydrogen) atoms. The summed E-state index contributed by atoms with van der Waals surface area (Å²) in [5.74, 6) is -0.442. The predicted molar refractivity (Wildman–Crippen MR) is 105 cm³/mol. The van der Waals surface area contributed by atoms with Gasteiger partial charge >= 0.3 is 0 Å². The van der Waals surface area contributed by atoms with Gasteiger partial charge in [0.2, 0.25) is 11.6 Å². The number of aliphatic hydroxyl groups excluding tert-OH is 1. The monoisotopic (exact) mass is 372 g/mol. The van der Waals surface area contributed by atoms with Gasteiger partial charge in [-0.2, -0.15) is 0 Å². The number of hydrogen-bond acceptors (Lipinski definition) is 4. The molecule has 4 nitrogen and oxygen atoms in total. The summed E-state index contributed by atoms with van der Waals surface area (Å²) in [6, 6.07) is 0. The first-order valence-electron chi connectivity index (χ1n) is 10.2. The van der Waals surface area contributed by atoms with Crippen molar-refractivity contribution in [2.75, 3.05) is 6.61 Å². The van der Waals surface area contributed by atoms with Crippen LogP contribution in [0.5, 0.6) is 0 Å². The lowest BCUT2D eigenvalue weighted by atomic mass is 9.46. The Labute approximate surface area is 162 Å². The van der Waals surface area contributed by atoms with Crippen molar-refractivity contribution < 1.29 is 19.4 Å². The van der Waals surface area contributed by atoms with E-state index in [0.29, 0.717) is 24.9 Å². The maximum Gasteiger partial charge on any atom is 0.227 e. The highest BCUT2D eigenvalue weighted by Gasteiger charge is 2.55. The zero-order chi connectivity index (χ0) is 20.0. The zero-order valence-corrected chi connectivity index (χ0v) is 17.1. The van der Waals surface area contributed by atoms with E-state index in [2.05, 4.69) is 27.4 Å². The molecule has 3 aliphatic carbocycles. The summed E-state index contributed by atoms with van der Waals surface area (Å²) in [5, 5.41) is 10.4. The fraction of sp³-hybridized carbons (Fsp3) is 0.652. The molecule has 3 aliphatic rings. The van der Waals surface area contributed by atoms with Crippen LogP contribution in [0.25, 0.3) is 0 Å². The molecular formula is C23H32O4. The molecule has 0 aliphatic heterocycles. The number of hydrogen-bond donors (Lipinski definition) is 1. The van der Waals surface area contributed by atoms with Gasteiger partial charge in [-0.05, 0) is 68.1 Å². The lowest BCUT2D eigenvalue weighted by Crippen LogP contribution is -2.50. The molecule has 0 bridgehead atoms. The van der Waals surface area contributed by atoms with E-state index in [4.69, 9.17) is 4.74 Å². The molecule has 0 aromatic rings. The quantitative estimate of drug-likeness (QED) is 0.553. The topological polar surface area (TPSA) is 63.6 Å². The normalized spacial score (nSPS) is 37.2. The maximum absolute atomic E-state index is 12.9. The number of allylic oxidation sites excluding steroid dienone is 3. The van der Waals surface area contributed by atoms with E-state index in [1.165, 1.54) is 5.57 Å². The summed E-state index contributed by atoms with van der Waals surface area (Å²) in [6.45, 7) is 13.3. The molecule has 2 saturated carbocycles. The van der Waals surface area contributed by atoms with Gasteiger partial charge in [-0.3, -0.25) is 9.59 Å². The number of fused-ring (bicyclic) bond motifs is 1. The molecule has 1 N–H and O–H groups in total. The molecule has 4 heteroatoms. The van der Waals surface area contributed by atoms with Crippen LogP contribution in [0.4, 0.5) is 0 Å². The minimum Gasteiger partial charge on any atom is -0.504 e. The Hall–Kier alpha value is -1.84. The van der Waals surface area contributed by atoms with E-state index in [-0.39, 0.29) is 27.9 Å². The van der Waals surface area contributed by atoms with E-state index < -0.39 is 11.5 Å². The van der Waals surface area contributed by atoms with E-state index >= 15 is 0 Å². The molecule has 148 valence electrons. The van der Waals surface area contributed by atoms with Gasteiger partial charge < -0.3 is 9.84 Å². The number of ether oxygens (including phenoxy) is 1. The van der Waals surface area contributed by atoms with Gasteiger partial charge in [0.15, 0.2) is 11.5 Å². The van der Waals surface area contributed by atoms with Gasteiger partial charge in [-0.15, -0.1) is 0 Å². The largest absolute Gasteiger partial charge is 0.504 e. The molecule has 0 amide bonds. The maximum atomic E-state index is 12.9. The summed E-state index contributed by atoms with van der Waals surface area (Å²) in [7, 11) is 0. The van der Waals surface area contributed by atoms with Crippen molar-refractivity contribution in [2.24, 2.45) is 22.7 Å². The van der Waals surface area contributed by atoms with Gasteiger partial charge in [-0.1, -0.05) is 32.9 Å². The number of rotatable bonds is 4. The first-order chi connectivity index (χ1) is 12.6. The van der Waals surface area contributed by atoms with Crippen LogP contribution in [0.2, 0.25) is 0 Å². The number of ketones is 2. The Bertz CT molecular complexity index is 743. The van der Waals surface area contributed by atoms with E-state index in [1.807, 2.05) is 0 Å². The highest BCUT2D eigenvalue weighted by Crippen LogP contribution is 2.63. The summed E-state index contributed by atoms with van der Waals surface area (Å²) in [4.78, 5) is 25.1. The Balaban J connectivity index is 1.99. The zero-order valence-electron chi connectivity index (χ0n) is 17.1. The van der Waals surface area contributed by atoms with Gasteiger partial charge in [0, 0.05) is 11.6 Å². The second kappa shape index (κ2) is 6.96. The highest BCUT2D eigenvalue weighted by molar-refractivity contribution is 6.20. The Kier molecular flexibility index (Phi) is 5.13. The summed E-state index contributed by atoms with van der Waals surface area (Å²) < 4.78 is 5.37. The van der Waals surface area contributed by atoms with Crippen molar-refractivity contribution in [1.29, 1.82) is 0 Å². The number of carbonyl (C=O) groups is 2. The molecule has 0 heterocycles. The Morgan fingerprint density at radius 3 is 2.67 bits per heavy atom. The van der Waals surface area contributed by atoms with E-state index in [9.17, 15) is 14.7 Å². The average Bonchev–Trinajstić information content (AvgIpc) is 2.62. The van der Waals surface area contributed by atoms with Crippen molar-refractivity contribution in [3.8, 4) is 0 Å². The molecule has 1 unspecified atom stereocenters. The Morgan fingerprint density at radius 1 is 1.30 bits per heavy atom. The van der Waals surface area contributed by atoms with Crippen molar-refractivity contribution in [3.63, 3.8) is 0 Å². The minimum atomic E-state index is -0.532. The van der Waals surface area contributed by atoms with Crippen LogP contribution in [0.15, 0.2) is 35.3 Å². The summed E-state index contributed by atoms with van der Waals surface area (Å²) >= 11 is 0.